The Morgan fingerprint density at radius 1 is 1.38 bits per heavy atom. The Morgan fingerprint density at radius 2 is 2.23 bits per heavy atom. The first-order chi connectivity index (χ1) is 6.36. The van der Waals surface area contributed by atoms with Crippen molar-refractivity contribution in [3.63, 3.8) is 0 Å². The molecule has 0 aromatic rings. The highest BCUT2D eigenvalue weighted by molar-refractivity contribution is 4.97. The van der Waals surface area contributed by atoms with Crippen LogP contribution in [0.5, 0.6) is 0 Å². The summed E-state index contributed by atoms with van der Waals surface area (Å²) in [4.78, 5) is 0. The van der Waals surface area contributed by atoms with Gasteiger partial charge in [-0.1, -0.05) is 19.1 Å². The van der Waals surface area contributed by atoms with Gasteiger partial charge in [0.25, 0.3) is 0 Å². The SMILES string of the molecule is CC(CNC1C=CCCC1)C1CC1. The minimum absolute atomic E-state index is 0.676. The molecular weight excluding hydrogens is 158 g/mol. The summed E-state index contributed by atoms with van der Waals surface area (Å²) < 4.78 is 0. The van der Waals surface area contributed by atoms with E-state index in [4.69, 9.17) is 0 Å². The average Bonchev–Trinajstić information content (AvgIpc) is 2.99. The van der Waals surface area contributed by atoms with Crippen LogP contribution in [0.1, 0.15) is 39.0 Å². The highest BCUT2D eigenvalue weighted by Gasteiger charge is 2.27. The van der Waals surface area contributed by atoms with Crippen molar-refractivity contribution in [3.05, 3.63) is 12.2 Å². The molecule has 0 aliphatic heterocycles. The van der Waals surface area contributed by atoms with Gasteiger partial charge in [-0.05, 0) is 50.5 Å². The molecule has 0 spiro atoms. The van der Waals surface area contributed by atoms with E-state index in [1.165, 1.54) is 38.6 Å². The molecule has 0 amide bonds. The first-order valence-corrected chi connectivity index (χ1v) is 5.76. The lowest BCUT2D eigenvalue weighted by Gasteiger charge is -2.20. The molecule has 1 nitrogen and oxygen atoms in total. The van der Waals surface area contributed by atoms with Crippen molar-refractivity contribution in [1.29, 1.82) is 0 Å². The van der Waals surface area contributed by atoms with E-state index in [1.807, 2.05) is 0 Å². The molecule has 74 valence electrons. The van der Waals surface area contributed by atoms with Crippen molar-refractivity contribution in [2.24, 2.45) is 11.8 Å². The predicted molar refractivity (Wildman–Crippen MR) is 56.7 cm³/mol. The van der Waals surface area contributed by atoms with Crippen LogP contribution in [0, 0.1) is 11.8 Å². The van der Waals surface area contributed by atoms with E-state index in [-0.39, 0.29) is 0 Å². The summed E-state index contributed by atoms with van der Waals surface area (Å²) in [5.41, 5.74) is 0. The van der Waals surface area contributed by atoms with Gasteiger partial charge in [0, 0.05) is 6.04 Å². The molecule has 1 fully saturated rings. The summed E-state index contributed by atoms with van der Waals surface area (Å²) in [6.45, 7) is 3.61. The first kappa shape index (κ1) is 9.26. The Bertz CT molecular complexity index is 182. The van der Waals surface area contributed by atoms with Crippen LogP contribution in [-0.2, 0) is 0 Å². The second kappa shape index (κ2) is 4.28. The molecule has 0 radical (unpaired) electrons. The Kier molecular flexibility index (Phi) is 3.05. The minimum atomic E-state index is 0.676. The molecule has 2 rings (SSSR count). The second-order valence-corrected chi connectivity index (χ2v) is 4.69. The molecule has 0 aromatic heterocycles. The highest BCUT2D eigenvalue weighted by Crippen LogP contribution is 2.36. The predicted octanol–water partition coefficient (Wildman–Crippen LogP) is 2.73. The Morgan fingerprint density at radius 3 is 2.85 bits per heavy atom. The molecule has 1 saturated carbocycles. The maximum absolute atomic E-state index is 3.66. The molecule has 0 heterocycles. The Hall–Kier alpha value is -0.300. The van der Waals surface area contributed by atoms with Crippen molar-refractivity contribution in [3.8, 4) is 0 Å². The van der Waals surface area contributed by atoms with Gasteiger partial charge in [0.05, 0.1) is 0 Å². The molecule has 2 aliphatic rings. The van der Waals surface area contributed by atoms with E-state index >= 15 is 0 Å². The first-order valence-electron chi connectivity index (χ1n) is 5.76. The Balaban J connectivity index is 1.65. The summed E-state index contributed by atoms with van der Waals surface area (Å²) in [6, 6.07) is 0.676. The summed E-state index contributed by atoms with van der Waals surface area (Å²) in [5.74, 6) is 1.94. The monoisotopic (exact) mass is 179 g/mol. The number of hydrogen-bond donors (Lipinski definition) is 1. The van der Waals surface area contributed by atoms with E-state index in [2.05, 4.69) is 24.4 Å². The van der Waals surface area contributed by atoms with Gasteiger partial charge in [-0.25, -0.2) is 0 Å². The van der Waals surface area contributed by atoms with Crippen LogP contribution in [0.25, 0.3) is 0 Å². The smallest absolute Gasteiger partial charge is 0.0250 e. The third-order valence-electron chi connectivity index (χ3n) is 3.38. The van der Waals surface area contributed by atoms with Crippen molar-refractivity contribution in [1.82, 2.24) is 5.32 Å². The highest BCUT2D eigenvalue weighted by atomic mass is 14.9. The van der Waals surface area contributed by atoms with Gasteiger partial charge in [0.2, 0.25) is 0 Å². The minimum Gasteiger partial charge on any atom is -0.310 e. The van der Waals surface area contributed by atoms with Crippen LogP contribution in [0.3, 0.4) is 0 Å². The maximum Gasteiger partial charge on any atom is 0.0250 e. The Labute approximate surface area is 81.6 Å². The average molecular weight is 179 g/mol. The maximum atomic E-state index is 3.66. The zero-order valence-corrected chi connectivity index (χ0v) is 8.63. The van der Waals surface area contributed by atoms with Crippen LogP contribution in [0.15, 0.2) is 12.2 Å². The van der Waals surface area contributed by atoms with Crippen LogP contribution in [-0.4, -0.2) is 12.6 Å². The molecule has 13 heavy (non-hydrogen) atoms. The van der Waals surface area contributed by atoms with Crippen molar-refractivity contribution >= 4 is 0 Å². The number of rotatable bonds is 4. The molecular formula is C12H21N. The molecule has 2 unspecified atom stereocenters. The van der Waals surface area contributed by atoms with Gasteiger partial charge in [0.1, 0.15) is 0 Å². The van der Waals surface area contributed by atoms with E-state index < -0.39 is 0 Å². The van der Waals surface area contributed by atoms with Gasteiger partial charge in [0.15, 0.2) is 0 Å². The molecule has 2 atom stereocenters. The van der Waals surface area contributed by atoms with Gasteiger partial charge < -0.3 is 5.32 Å². The standard InChI is InChI=1S/C12H21N/c1-10(11-7-8-11)9-13-12-5-3-2-4-6-12/h3,5,10-13H,2,4,6-9H2,1H3. The van der Waals surface area contributed by atoms with Crippen molar-refractivity contribution in [2.75, 3.05) is 6.54 Å². The van der Waals surface area contributed by atoms with Crippen LogP contribution < -0.4 is 5.32 Å². The zero-order chi connectivity index (χ0) is 9.10. The lowest BCUT2D eigenvalue weighted by molar-refractivity contribution is 0.423. The lowest BCUT2D eigenvalue weighted by atomic mass is 10.0. The molecule has 1 N–H and O–H groups in total. The molecule has 0 bridgehead atoms. The summed E-state index contributed by atoms with van der Waals surface area (Å²) in [5, 5.41) is 3.66. The molecule has 0 saturated heterocycles. The fourth-order valence-electron chi connectivity index (χ4n) is 2.15. The van der Waals surface area contributed by atoms with Crippen molar-refractivity contribution in [2.45, 2.75) is 45.1 Å². The largest absolute Gasteiger partial charge is 0.310 e. The van der Waals surface area contributed by atoms with Crippen molar-refractivity contribution < 1.29 is 0 Å². The van der Waals surface area contributed by atoms with Crippen LogP contribution in [0.2, 0.25) is 0 Å². The van der Waals surface area contributed by atoms with E-state index in [0.29, 0.717) is 6.04 Å². The lowest BCUT2D eigenvalue weighted by Crippen LogP contribution is -2.32. The quantitative estimate of drug-likeness (QED) is 0.654. The third kappa shape index (κ3) is 2.84. The number of hydrogen-bond acceptors (Lipinski definition) is 1. The van der Waals surface area contributed by atoms with E-state index in [0.717, 1.165) is 11.8 Å². The summed E-state index contributed by atoms with van der Waals surface area (Å²) >= 11 is 0. The summed E-state index contributed by atoms with van der Waals surface area (Å²) in [7, 11) is 0. The fourth-order valence-corrected chi connectivity index (χ4v) is 2.15. The van der Waals surface area contributed by atoms with Crippen LogP contribution >= 0.6 is 0 Å². The molecule has 1 heteroatoms. The van der Waals surface area contributed by atoms with Gasteiger partial charge in [-0.15, -0.1) is 0 Å². The fraction of sp³-hybridized carbons (Fsp3) is 0.833. The van der Waals surface area contributed by atoms with Gasteiger partial charge in [-0.2, -0.15) is 0 Å². The van der Waals surface area contributed by atoms with E-state index in [9.17, 15) is 0 Å². The zero-order valence-electron chi connectivity index (χ0n) is 8.63. The second-order valence-electron chi connectivity index (χ2n) is 4.69. The topological polar surface area (TPSA) is 12.0 Å². The van der Waals surface area contributed by atoms with E-state index in [1.54, 1.807) is 0 Å². The normalized spacial score (nSPS) is 30.4. The third-order valence-corrected chi connectivity index (χ3v) is 3.38. The summed E-state index contributed by atoms with van der Waals surface area (Å²) in [6.07, 6.45) is 11.6. The molecule has 2 aliphatic carbocycles. The van der Waals surface area contributed by atoms with Gasteiger partial charge in [-0.3, -0.25) is 0 Å². The number of nitrogens with one attached hydrogen (secondary N) is 1. The number of allylic oxidation sites excluding steroid dienone is 1. The molecule has 0 aromatic carbocycles. The van der Waals surface area contributed by atoms with Crippen LogP contribution in [0.4, 0.5) is 0 Å². The van der Waals surface area contributed by atoms with Gasteiger partial charge >= 0.3 is 0 Å².